The van der Waals surface area contributed by atoms with Gasteiger partial charge in [-0.1, -0.05) is 50.5 Å². The van der Waals surface area contributed by atoms with Crippen molar-refractivity contribution in [3.63, 3.8) is 0 Å². The van der Waals surface area contributed by atoms with E-state index in [1.165, 1.54) is 11.3 Å². The Bertz CT molecular complexity index is 1180. The molecule has 10 heteroatoms. The Morgan fingerprint density at radius 3 is 2.43 bits per heavy atom. The summed E-state index contributed by atoms with van der Waals surface area (Å²) in [7, 11) is -2.23. The monoisotopic (exact) mass is 593 g/mol. The number of para-hydroxylation sites is 1. The lowest BCUT2D eigenvalue weighted by Crippen LogP contribution is -2.54. The van der Waals surface area contributed by atoms with Crippen molar-refractivity contribution >= 4 is 43.5 Å². The van der Waals surface area contributed by atoms with Crippen LogP contribution in [0.4, 0.5) is 5.69 Å². The van der Waals surface area contributed by atoms with Crippen molar-refractivity contribution in [1.29, 1.82) is 0 Å². The zero-order valence-corrected chi connectivity index (χ0v) is 24.1. The minimum atomic E-state index is -3.79. The lowest BCUT2D eigenvalue weighted by atomic mass is 9.95. The van der Waals surface area contributed by atoms with Gasteiger partial charge in [0.2, 0.25) is 21.8 Å². The summed E-state index contributed by atoms with van der Waals surface area (Å²) in [5.74, 6) is -0.0392. The molecule has 1 saturated carbocycles. The van der Waals surface area contributed by atoms with Crippen LogP contribution in [0.1, 0.15) is 51.0 Å². The quantitative estimate of drug-likeness (QED) is 0.414. The number of sulfonamides is 1. The highest BCUT2D eigenvalue weighted by atomic mass is 79.9. The number of hydrogen-bond donors (Lipinski definition) is 1. The predicted molar refractivity (Wildman–Crippen MR) is 149 cm³/mol. The zero-order valence-electron chi connectivity index (χ0n) is 21.7. The molecule has 2 aromatic carbocycles. The maximum absolute atomic E-state index is 13.8. The molecule has 0 aliphatic heterocycles. The Labute approximate surface area is 228 Å². The van der Waals surface area contributed by atoms with Gasteiger partial charge in [0.05, 0.1) is 19.1 Å². The summed E-state index contributed by atoms with van der Waals surface area (Å²) in [4.78, 5) is 28.8. The number of carbonyl (C=O) groups is 2. The van der Waals surface area contributed by atoms with E-state index < -0.39 is 28.5 Å². The van der Waals surface area contributed by atoms with Gasteiger partial charge in [-0.05, 0) is 65.0 Å². The second-order valence-corrected chi connectivity index (χ2v) is 12.1. The Morgan fingerprint density at radius 2 is 1.81 bits per heavy atom. The highest BCUT2D eigenvalue weighted by Gasteiger charge is 2.33. The summed E-state index contributed by atoms with van der Waals surface area (Å²) in [6.07, 6.45) is 6.63. The molecule has 3 rings (SSSR count). The van der Waals surface area contributed by atoms with Gasteiger partial charge < -0.3 is 15.0 Å². The summed E-state index contributed by atoms with van der Waals surface area (Å²) < 4.78 is 32.5. The minimum absolute atomic E-state index is 0.0943. The maximum atomic E-state index is 13.8. The zero-order chi connectivity index (χ0) is 27.0. The Morgan fingerprint density at radius 1 is 1.11 bits per heavy atom. The van der Waals surface area contributed by atoms with Gasteiger partial charge in [-0.15, -0.1) is 0 Å². The lowest BCUT2D eigenvalue weighted by Gasteiger charge is -2.34. The molecule has 0 aromatic heterocycles. The number of ether oxygens (including phenoxy) is 1. The SMILES string of the molecule is CC[C@@H](C(=O)NC1CCCCC1)N(Cc1cccc(OC)c1)C(=O)CN(c1ccccc1Br)S(C)(=O)=O. The molecule has 1 atom stereocenters. The molecule has 0 saturated heterocycles. The molecule has 1 aliphatic carbocycles. The van der Waals surface area contributed by atoms with Gasteiger partial charge >= 0.3 is 0 Å². The van der Waals surface area contributed by atoms with E-state index in [9.17, 15) is 18.0 Å². The molecule has 0 spiro atoms. The largest absolute Gasteiger partial charge is 0.497 e. The van der Waals surface area contributed by atoms with Crippen LogP contribution < -0.4 is 14.4 Å². The third-order valence-corrected chi connectivity index (χ3v) is 8.42. The van der Waals surface area contributed by atoms with Crippen molar-refractivity contribution in [2.24, 2.45) is 0 Å². The first-order valence-corrected chi connectivity index (χ1v) is 15.2. The molecule has 37 heavy (non-hydrogen) atoms. The molecule has 8 nitrogen and oxygen atoms in total. The lowest BCUT2D eigenvalue weighted by molar-refractivity contribution is -0.140. The molecule has 0 bridgehead atoms. The number of methoxy groups -OCH3 is 1. The Kier molecular flexibility index (Phi) is 10.4. The van der Waals surface area contributed by atoms with Gasteiger partial charge in [0.25, 0.3) is 0 Å². The fraction of sp³-hybridized carbons (Fsp3) is 0.481. The molecule has 0 unspecified atom stereocenters. The molecular weight excluding hydrogens is 558 g/mol. The first kappa shape index (κ1) is 29.0. The van der Waals surface area contributed by atoms with Crippen molar-refractivity contribution in [2.75, 3.05) is 24.2 Å². The Balaban J connectivity index is 1.93. The van der Waals surface area contributed by atoms with Crippen LogP contribution in [-0.4, -0.2) is 57.1 Å². The molecule has 1 aliphatic rings. The van der Waals surface area contributed by atoms with Gasteiger partial charge in [0.15, 0.2) is 0 Å². The van der Waals surface area contributed by atoms with E-state index in [2.05, 4.69) is 21.2 Å². The fourth-order valence-electron chi connectivity index (χ4n) is 4.68. The number of carbonyl (C=O) groups excluding carboxylic acids is 2. The number of benzene rings is 2. The first-order valence-electron chi connectivity index (χ1n) is 12.6. The van der Waals surface area contributed by atoms with E-state index in [0.717, 1.165) is 41.8 Å². The van der Waals surface area contributed by atoms with Gasteiger partial charge in [-0.3, -0.25) is 13.9 Å². The third kappa shape index (κ3) is 7.95. The van der Waals surface area contributed by atoms with Crippen LogP contribution in [0.2, 0.25) is 0 Å². The van der Waals surface area contributed by atoms with Gasteiger partial charge in [-0.25, -0.2) is 8.42 Å². The van der Waals surface area contributed by atoms with E-state index in [4.69, 9.17) is 4.74 Å². The van der Waals surface area contributed by atoms with Crippen LogP contribution >= 0.6 is 15.9 Å². The van der Waals surface area contributed by atoms with Crippen molar-refractivity contribution in [3.8, 4) is 5.75 Å². The molecule has 202 valence electrons. The number of halogens is 1. The molecule has 1 fully saturated rings. The van der Waals surface area contributed by atoms with E-state index in [-0.39, 0.29) is 18.5 Å². The van der Waals surface area contributed by atoms with Crippen molar-refractivity contribution in [3.05, 3.63) is 58.6 Å². The van der Waals surface area contributed by atoms with E-state index in [1.807, 2.05) is 25.1 Å². The standard InChI is InChI=1S/C27H36BrN3O5S/c1-4-24(27(33)29-21-12-6-5-7-13-21)30(18-20-11-10-14-22(17-20)36-2)26(32)19-31(37(3,34)35)25-16-9-8-15-23(25)28/h8-11,14-17,21,24H,4-7,12-13,18-19H2,1-3H3,(H,29,33)/t24-/m0/s1. The van der Waals surface area contributed by atoms with Gasteiger partial charge in [-0.2, -0.15) is 0 Å². The summed E-state index contributed by atoms with van der Waals surface area (Å²) in [6, 6.07) is 13.5. The average molecular weight is 595 g/mol. The second kappa shape index (κ2) is 13.3. The predicted octanol–water partition coefficient (Wildman–Crippen LogP) is 4.48. The van der Waals surface area contributed by atoms with Crippen LogP contribution in [0.15, 0.2) is 53.0 Å². The molecule has 2 amide bonds. The van der Waals surface area contributed by atoms with E-state index in [0.29, 0.717) is 22.3 Å². The summed E-state index contributed by atoms with van der Waals surface area (Å²) in [6.45, 7) is 1.57. The van der Waals surface area contributed by atoms with Crippen LogP contribution in [-0.2, 0) is 26.2 Å². The number of nitrogens with one attached hydrogen (secondary N) is 1. The number of rotatable bonds is 11. The van der Waals surface area contributed by atoms with Crippen molar-refractivity contribution in [2.45, 2.75) is 64.1 Å². The van der Waals surface area contributed by atoms with Crippen molar-refractivity contribution in [1.82, 2.24) is 10.2 Å². The molecule has 0 heterocycles. The number of hydrogen-bond acceptors (Lipinski definition) is 5. The summed E-state index contributed by atoms with van der Waals surface area (Å²) >= 11 is 3.40. The topological polar surface area (TPSA) is 96.0 Å². The highest BCUT2D eigenvalue weighted by molar-refractivity contribution is 9.10. The number of amides is 2. The second-order valence-electron chi connectivity index (χ2n) is 9.36. The van der Waals surface area contributed by atoms with Crippen molar-refractivity contribution < 1.29 is 22.7 Å². The van der Waals surface area contributed by atoms with Crippen LogP contribution in [0, 0.1) is 0 Å². The Hall–Kier alpha value is -2.59. The maximum Gasteiger partial charge on any atom is 0.244 e. The highest BCUT2D eigenvalue weighted by Crippen LogP contribution is 2.28. The normalized spacial score (nSPS) is 15.0. The molecular formula is C27H36BrN3O5S. The van der Waals surface area contributed by atoms with E-state index in [1.54, 1.807) is 37.4 Å². The van der Waals surface area contributed by atoms with Gasteiger partial charge in [0, 0.05) is 17.1 Å². The minimum Gasteiger partial charge on any atom is -0.497 e. The number of anilines is 1. The third-order valence-electron chi connectivity index (χ3n) is 6.62. The molecule has 1 N–H and O–H groups in total. The van der Waals surface area contributed by atoms with Gasteiger partial charge in [0.1, 0.15) is 18.3 Å². The summed E-state index contributed by atoms with van der Waals surface area (Å²) in [5, 5.41) is 3.14. The molecule has 0 radical (unpaired) electrons. The first-order chi connectivity index (χ1) is 17.6. The van der Waals surface area contributed by atoms with Crippen LogP contribution in [0.3, 0.4) is 0 Å². The molecule has 2 aromatic rings. The fourth-order valence-corrected chi connectivity index (χ4v) is 6.16. The average Bonchev–Trinajstić information content (AvgIpc) is 2.87. The van der Waals surface area contributed by atoms with Crippen LogP contribution in [0.25, 0.3) is 0 Å². The smallest absolute Gasteiger partial charge is 0.244 e. The summed E-state index contributed by atoms with van der Waals surface area (Å²) in [5.41, 5.74) is 1.14. The van der Waals surface area contributed by atoms with Crippen LogP contribution in [0.5, 0.6) is 5.75 Å². The number of nitrogens with zero attached hydrogens (tertiary/aromatic N) is 2. The van der Waals surface area contributed by atoms with E-state index >= 15 is 0 Å².